The first-order valence-corrected chi connectivity index (χ1v) is 8.32. The molecule has 0 radical (unpaired) electrons. The van der Waals surface area contributed by atoms with Crippen LogP contribution < -0.4 is 10.4 Å². The van der Waals surface area contributed by atoms with Crippen molar-refractivity contribution in [2.24, 2.45) is 0 Å². The number of furan rings is 1. The summed E-state index contributed by atoms with van der Waals surface area (Å²) in [6.45, 7) is 1.81. The van der Waals surface area contributed by atoms with Gasteiger partial charge in [0.2, 0.25) is 0 Å². The van der Waals surface area contributed by atoms with Crippen LogP contribution in [0.2, 0.25) is 0 Å². The van der Waals surface area contributed by atoms with Crippen LogP contribution in [0.5, 0.6) is 5.75 Å². The highest BCUT2D eigenvalue weighted by atomic mass is 16.5. The lowest BCUT2D eigenvalue weighted by Crippen LogP contribution is -2.01. The van der Waals surface area contributed by atoms with Gasteiger partial charge in [-0.3, -0.25) is 4.79 Å². The Hall–Kier alpha value is -3.54. The fourth-order valence-corrected chi connectivity index (χ4v) is 3.26. The van der Waals surface area contributed by atoms with E-state index in [1.165, 1.54) is 6.07 Å². The van der Waals surface area contributed by atoms with E-state index in [1.807, 2.05) is 25.1 Å². The first kappa shape index (κ1) is 16.9. The van der Waals surface area contributed by atoms with Crippen LogP contribution in [0.1, 0.15) is 11.1 Å². The molecular formula is C21H16O6. The molecule has 0 saturated heterocycles. The Morgan fingerprint density at radius 1 is 1.04 bits per heavy atom. The second kappa shape index (κ2) is 6.32. The normalized spacial score (nSPS) is 11.2. The number of aryl methyl sites for hydroxylation is 1. The Bertz CT molecular complexity index is 1230. The van der Waals surface area contributed by atoms with Crippen molar-refractivity contribution >= 4 is 27.9 Å². The van der Waals surface area contributed by atoms with E-state index < -0.39 is 11.6 Å². The maximum atomic E-state index is 11.7. The summed E-state index contributed by atoms with van der Waals surface area (Å²) < 4.78 is 16.4. The van der Waals surface area contributed by atoms with E-state index in [-0.39, 0.29) is 6.42 Å². The molecule has 0 aliphatic rings. The molecule has 0 spiro atoms. The van der Waals surface area contributed by atoms with Crippen LogP contribution in [0.15, 0.2) is 56.1 Å². The average Bonchev–Trinajstić information content (AvgIpc) is 2.97. The van der Waals surface area contributed by atoms with Crippen LogP contribution in [0.25, 0.3) is 33.3 Å². The molecule has 4 aromatic rings. The SMILES string of the molecule is COc1ccc(-c2oc3cc4oc(=O)cc(C)c4cc3c2CC(=O)O)cc1. The molecule has 6 nitrogen and oxygen atoms in total. The maximum absolute atomic E-state index is 11.7. The van der Waals surface area contributed by atoms with E-state index >= 15 is 0 Å². The van der Waals surface area contributed by atoms with Gasteiger partial charge in [-0.05, 0) is 42.8 Å². The van der Waals surface area contributed by atoms with Gasteiger partial charge in [-0.2, -0.15) is 0 Å². The Labute approximate surface area is 153 Å². The Kier molecular flexibility index (Phi) is 3.96. The molecule has 4 rings (SSSR count). The zero-order valence-corrected chi connectivity index (χ0v) is 14.7. The van der Waals surface area contributed by atoms with Gasteiger partial charge < -0.3 is 18.7 Å². The molecule has 6 heteroatoms. The standard InChI is InChI=1S/C21H16O6/c1-11-7-20(24)26-17-10-18-15(8-14(11)17)16(9-19(22)23)21(27-18)12-3-5-13(25-2)6-4-12/h3-8,10H,9H2,1-2H3,(H,22,23). The zero-order chi connectivity index (χ0) is 19.1. The van der Waals surface area contributed by atoms with Gasteiger partial charge in [-0.25, -0.2) is 4.79 Å². The Balaban J connectivity index is 2.02. The number of rotatable bonds is 4. The molecule has 0 bridgehead atoms. The molecule has 0 amide bonds. The quantitative estimate of drug-likeness (QED) is 0.547. The second-order valence-electron chi connectivity index (χ2n) is 6.30. The Morgan fingerprint density at radius 3 is 2.41 bits per heavy atom. The number of carbonyl (C=O) groups is 1. The highest BCUT2D eigenvalue weighted by Gasteiger charge is 2.20. The lowest BCUT2D eigenvalue weighted by Gasteiger charge is -2.03. The topological polar surface area (TPSA) is 89.9 Å². The van der Waals surface area contributed by atoms with E-state index in [9.17, 15) is 14.7 Å². The molecule has 0 aliphatic carbocycles. The molecule has 2 heterocycles. The molecule has 0 saturated carbocycles. The summed E-state index contributed by atoms with van der Waals surface area (Å²) in [6, 6.07) is 12.1. The van der Waals surface area contributed by atoms with E-state index in [2.05, 4.69) is 0 Å². The van der Waals surface area contributed by atoms with E-state index in [0.29, 0.717) is 33.6 Å². The van der Waals surface area contributed by atoms with Crippen LogP contribution in [0.4, 0.5) is 0 Å². The van der Waals surface area contributed by atoms with Crippen molar-refractivity contribution in [3.8, 4) is 17.1 Å². The highest BCUT2D eigenvalue weighted by molar-refractivity contribution is 6.00. The lowest BCUT2D eigenvalue weighted by molar-refractivity contribution is -0.136. The summed E-state index contributed by atoms with van der Waals surface area (Å²) in [6.07, 6.45) is -0.185. The van der Waals surface area contributed by atoms with Crippen molar-refractivity contribution in [1.82, 2.24) is 0 Å². The number of methoxy groups -OCH3 is 1. The second-order valence-corrected chi connectivity index (χ2v) is 6.30. The first-order valence-electron chi connectivity index (χ1n) is 8.32. The molecule has 0 aliphatic heterocycles. The Morgan fingerprint density at radius 2 is 1.74 bits per heavy atom. The van der Waals surface area contributed by atoms with Gasteiger partial charge in [0.15, 0.2) is 0 Å². The highest BCUT2D eigenvalue weighted by Crippen LogP contribution is 2.37. The molecule has 27 heavy (non-hydrogen) atoms. The zero-order valence-electron chi connectivity index (χ0n) is 14.7. The molecule has 1 N–H and O–H groups in total. The number of hydrogen-bond acceptors (Lipinski definition) is 5. The smallest absolute Gasteiger partial charge is 0.336 e. The monoisotopic (exact) mass is 364 g/mol. The number of carboxylic acid groups (broad SMARTS) is 1. The summed E-state index contributed by atoms with van der Waals surface area (Å²) in [5, 5.41) is 10.8. The van der Waals surface area contributed by atoms with Crippen LogP contribution >= 0.6 is 0 Å². The van der Waals surface area contributed by atoms with Crippen LogP contribution in [0, 0.1) is 6.92 Å². The van der Waals surface area contributed by atoms with Gasteiger partial charge in [0, 0.05) is 34.0 Å². The maximum Gasteiger partial charge on any atom is 0.336 e. The first-order chi connectivity index (χ1) is 13.0. The van der Waals surface area contributed by atoms with Gasteiger partial charge in [0.1, 0.15) is 22.7 Å². The molecule has 2 aromatic carbocycles. The van der Waals surface area contributed by atoms with Crippen molar-refractivity contribution in [1.29, 1.82) is 0 Å². The summed E-state index contributed by atoms with van der Waals surface area (Å²) >= 11 is 0. The van der Waals surface area contributed by atoms with Gasteiger partial charge in [0.25, 0.3) is 0 Å². The lowest BCUT2D eigenvalue weighted by atomic mass is 10.0. The third kappa shape index (κ3) is 2.95. The van der Waals surface area contributed by atoms with Crippen molar-refractivity contribution in [2.45, 2.75) is 13.3 Å². The fourth-order valence-electron chi connectivity index (χ4n) is 3.26. The van der Waals surface area contributed by atoms with Gasteiger partial charge >= 0.3 is 11.6 Å². The summed E-state index contributed by atoms with van der Waals surface area (Å²) in [5.41, 5.74) is 2.52. The van der Waals surface area contributed by atoms with Crippen LogP contribution in [-0.4, -0.2) is 18.2 Å². The van der Waals surface area contributed by atoms with E-state index in [4.69, 9.17) is 13.6 Å². The van der Waals surface area contributed by atoms with Gasteiger partial charge in [0.05, 0.1) is 13.5 Å². The summed E-state index contributed by atoms with van der Waals surface area (Å²) in [7, 11) is 1.58. The molecule has 0 atom stereocenters. The van der Waals surface area contributed by atoms with Crippen molar-refractivity contribution in [2.75, 3.05) is 7.11 Å². The minimum atomic E-state index is -0.955. The molecular weight excluding hydrogens is 348 g/mol. The molecule has 0 fully saturated rings. The van der Waals surface area contributed by atoms with Crippen LogP contribution in [0.3, 0.4) is 0 Å². The van der Waals surface area contributed by atoms with E-state index in [0.717, 1.165) is 16.5 Å². The molecule has 0 unspecified atom stereocenters. The number of carboxylic acids is 1. The van der Waals surface area contributed by atoms with E-state index in [1.54, 1.807) is 25.3 Å². The number of ether oxygens (including phenoxy) is 1. The largest absolute Gasteiger partial charge is 0.497 e. The summed E-state index contributed by atoms with van der Waals surface area (Å²) in [5.74, 6) is 0.215. The minimum Gasteiger partial charge on any atom is -0.497 e. The predicted molar refractivity (Wildman–Crippen MR) is 100 cm³/mol. The number of benzene rings is 2. The van der Waals surface area contributed by atoms with Crippen LogP contribution in [-0.2, 0) is 11.2 Å². The van der Waals surface area contributed by atoms with Crippen molar-refractivity contribution in [3.05, 3.63) is 64.0 Å². The minimum absolute atomic E-state index is 0.185. The number of fused-ring (bicyclic) bond motifs is 2. The summed E-state index contributed by atoms with van der Waals surface area (Å²) in [4.78, 5) is 23.1. The van der Waals surface area contributed by atoms with Gasteiger partial charge in [-0.15, -0.1) is 0 Å². The fraction of sp³-hybridized carbons (Fsp3) is 0.143. The number of hydrogen-bond donors (Lipinski definition) is 1. The number of aliphatic carboxylic acids is 1. The van der Waals surface area contributed by atoms with Crippen molar-refractivity contribution in [3.63, 3.8) is 0 Å². The third-order valence-electron chi connectivity index (χ3n) is 4.54. The predicted octanol–water partition coefficient (Wildman–Crippen LogP) is 4.15. The third-order valence-corrected chi connectivity index (χ3v) is 4.54. The van der Waals surface area contributed by atoms with Gasteiger partial charge in [-0.1, -0.05) is 0 Å². The molecule has 136 valence electrons. The van der Waals surface area contributed by atoms with Crippen molar-refractivity contribution < 1.29 is 23.5 Å². The average molecular weight is 364 g/mol. The molecule has 2 aromatic heterocycles.